The smallest absolute Gasteiger partial charge is 0.337 e. The van der Waals surface area contributed by atoms with Gasteiger partial charge in [0.2, 0.25) is 10.0 Å². The summed E-state index contributed by atoms with van der Waals surface area (Å²) in [5, 5.41) is 1.31. The van der Waals surface area contributed by atoms with Gasteiger partial charge < -0.3 is 9.47 Å². The number of hydrogen-bond donors (Lipinski definition) is 0. The molecule has 3 aromatic carbocycles. The van der Waals surface area contributed by atoms with Crippen molar-refractivity contribution >= 4 is 33.8 Å². The summed E-state index contributed by atoms with van der Waals surface area (Å²) in [5.74, 6) is 1.26. The Morgan fingerprint density at radius 2 is 1.74 bits per heavy atom. The van der Waals surface area contributed by atoms with Gasteiger partial charge >= 0.3 is 5.97 Å². The van der Waals surface area contributed by atoms with Crippen LogP contribution in [0.25, 0.3) is 6.08 Å². The van der Waals surface area contributed by atoms with Crippen molar-refractivity contribution in [3.63, 3.8) is 0 Å². The van der Waals surface area contributed by atoms with Crippen LogP contribution in [0.15, 0.2) is 78.2 Å². The molecule has 39 heavy (non-hydrogen) atoms. The van der Waals surface area contributed by atoms with E-state index in [-0.39, 0.29) is 11.2 Å². The topological polar surface area (TPSA) is 76.2 Å². The summed E-state index contributed by atoms with van der Waals surface area (Å²) in [6, 6.07) is 23.2. The second kappa shape index (κ2) is 12.4. The van der Waals surface area contributed by atoms with Crippen molar-refractivity contribution in [1.29, 1.82) is 0 Å². The molecule has 2 aliphatic rings. The normalized spacial score (nSPS) is 18.1. The number of rotatable bonds is 8. The number of benzene rings is 3. The first kappa shape index (κ1) is 27.5. The molecule has 0 saturated carbocycles. The first-order valence-corrected chi connectivity index (χ1v) is 15.5. The highest BCUT2D eigenvalue weighted by Gasteiger charge is 2.28. The van der Waals surface area contributed by atoms with Gasteiger partial charge in [0.1, 0.15) is 12.4 Å². The fourth-order valence-electron chi connectivity index (χ4n) is 4.88. The van der Waals surface area contributed by atoms with Crippen LogP contribution >= 0.6 is 11.8 Å². The number of esters is 1. The van der Waals surface area contributed by atoms with Gasteiger partial charge in [0.05, 0.1) is 17.9 Å². The van der Waals surface area contributed by atoms with Crippen LogP contribution in [0, 0.1) is 0 Å². The number of carbonyl (C=O) groups is 1. The molecule has 5 rings (SSSR count). The average Bonchev–Trinajstić information content (AvgIpc) is 3.13. The lowest BCUT2D eigenvalue weighted by Gasteiger charge is -2.33. The molecule has 3 aromatic rings. The molecule has 0 radical (unpaired) electrons. The summed E-state index contributed by atoms with van der Waals surface area (Å²) in [7, 11) is -2.07. The molecule has 2 heterocycles. The van der Waals surface area contributed by atoms with E-state index in [2.05, 4.69) is 17.0 Å². The summed E-state index contributed by atoms with van der Waals surface area (Å²) < 4.78 is 38.3. The van der Waals surface area contributed by atoms with E-state index in [0.29, 0.717) is 38.3 Å². The summed E-state index contributed by atoms with van der Waals surface area (Å²) in [5.41, 5.74) is 4.65. The molecular formula is C30H32N2O5S2. The number of fused-ring (bicyclic) bond motifs is 2. The van der Waals surface area contributed by atoms with Crippen molar-refractivity contribution in [2.45, 2.75) is 11.9 Å². The average molecular weight is 565 g/mol. The van der Waals surface area contributed by atoms with E-state index < -0.39 is 10.0 Å². The Kier molecular flexibility index (Phi) is 8.72. The molecule has 1 atom stereocenters. The number of sulfonamides is 1. The number of carbonyl (C=O) groups excluding carboxylic acids is 1. The first-order valence-electron chi connectivity index (χ1n) is 12.9. The lowest BCUT2D eigenvalue weighted by Crippen LogP contribution is -2.48. The number of thioether (sulfide) groups is 1. The number of ether oxygens (including phenoxy) is 2. The van der Waals surface area contributed by atoms with Crippen molar-refractivity contribution < 1.29 is 22.7 Å². The van der Waals surface area contributed by atoms with Crippen LogP contribution in [0.2, 0.25) is 0 Å². The lowest BCUT2D eigenvalue weighted by molar-refractivity contribution is 0.0600. The molecule has 0 bridgehead atoms. The van der Waals surface area contributed by atoms with Gasteiger partial charge in [0, 0.05) is 49.4 Å². The highest BCUT2D eigenvalue weighted by Crippen LogP contribution is 2.44. The Labute approximate surface area is 234 Å². The highest BCUT2D eigenvalue weighted by atomic mass is 32.2. The van der Waals surface area contributed by atoms with E-state index in [1.165, 1.54) is 18.1 Å². The maximum Gasteiger partial charge on any atom is 0.337 e. The number of piperazine rings is 1. The minimum absolute atomic E-state index is 0.00750. The zero-order valence-electron chi connectivity index (χ0n) is 21.9. The molecule has 7 nitrogen and oxygen atoms in total. The third-order valence-corrected chi connectivity index (χ3v) is 9.87. The predicted octanol–water partition coefficient (Wildman–Crippen LogP) is 4.81. The molecule has 2 aliphatic heterocycles. The molecule has 1 saturated heterocycles. The van der Waals surface area contributed by atoms with Crippen LogP contribution < -0.4 is 4.74 Å². The van der Waals surface area contributed by atoms with Gasteiger partial charge in [-0.15, -0.1) is 11.8 Å². The Morgan fingerprint density at radius 1 is 1.00 bits per heavy atom. The zero-order valence-corrected chi connectivity index (χ0v) is 23.5. The van der Waals surface area contributed by atoms with Crippen LogP contribution in [0.1, 0.15) is 37.9 Å². The molecular weight excluding hydrogens is 532 g/mol. The van der Waals surface area contributed by atoms with Gasteiger partial charge in [0.15, 0.2) is 0 Å². The maximum atomic E-state index is 12.8. The second-order valence-electron chi connectivity index (χ2n) is 9.48. The molecule has 0 N–H and O–H groups in total. The van der Waals surface area contributed by atoms with Crippen LogP contribution in [-0.2, 0) is 21.4 Å². The van der Waals surface area contributed by atoms with E-state index >= 15 is 0 Å². The fraction of sp³-hybridized carbons (Fsp3) is 0.300. The van der Waals surface area contributed by atoms with Crippen LogP contribution in [0.4, 0.5) is 0 Å². The highest BCUT2D eigenvalue weighted by molar-refractivity contribution is 7.99. The zero-order chi connectivity index (χ0) is 27.2. The van der Waals surface area contributed by atoms with Gasteiger partial charge in [-0.3, -0.25) is 4.90 Å². The van der Waals surface area contributed by atoms with Crippen molar-refractivity contribution in [3.8, 4) is 5.75 Å². The van der Waals surface area contributed by atoms with Crippen LogP contribution in [0.3, 0.4) is 0 Å². The molecule has 9 heteroatoms. The molecule has 1 fully saturated rings. The SMILES string of the molecule is COC(=O)c1ccc2c(c1)C(SCCN1CCN(S(=O)(=O)/C=C/c3ccccc3)CC1)c1ccccc1CO2. The minimum Gasteiger partial charge on any atom is -0.489 e. The Bertz CT molecular complexity index is 1430. The van der Waals surface area contributed by atoms with Gasteiger partial charge in [0.25, 0.3) is 0 Å². The number of hydrogen-bond acceptors (Lipinski definition) is 7. The molecule has 204 valence electrons. The van der Waals surface area contributed by atoms with Crippen LogP contribution in [0.5, 0.6) is 5.75 Å². The number of nitrogens with zero attached hydrogens (tertiary/aromatic N) is 2. The van der Waals surface area contributed by atoms with E-state index in [4.69, 9.17) is 9.47 Å². The van der Waals surface area contributed by atoms with Gasteiger partial charge in [-0.25, -0.2) is 13.2 Å². The Hall–Kier alpha value is -3.11. The van der Waals surface area contributed by atoms with Gasteiger partial charge in [-0.05, 0) is 41.0 Å². The van der Waals surface area contributed by atoms with Crippen molar-refractivity contribution in [2.24, 2.45) is 0 Å². The van der Waals surface area contributed by atoms with Gasteiger partial charge in [-0.2, -0.15) is 4.31 Å². The van der Waals surface area contributed by atoms with E-state index in [9.17, 15) is 13.2 Å². The molecule has 0 aliphatic carbocycles. The lowest BCUT2D eigenvalue weighted by atomic mass is 9.98. The molecule has 0 spiro atoms. The molecule has 1 unspecified atom stereocenters. The largest absolute Gasteiger partial charge is 0.489 e. The third kappa shape index (κ3) is 6.55. The van der Waals surface area contributed by atoms with Crippen molar-refractivity contribution in [3.05, 3.63) is 106 Å². The summed E-state index contributed by atoms with van der Waals surface area (Å²) >= 11 is 1.81. The van der Waals surface area contributed by atoms with Crippen LogP contribution in [-0.4, -0.2) is 69.2 Å². The number of methoxy groups -OCH3 is 1. The van der Waals surface area contributed by atoms with Gasteiger partial charge in [-0.1, -0.05) is 54.6 Å². The van der Waals surface area contributed by atoms with E-state index in [0.717, 1.165) is 34.7 Å². The standard InChI is InChI=1S/C30H32N2O5S2/c1-36-30(33)24-11-12-28-27(21-24)29(26-10-6-5-9-25(26)22-37-28)38-19-18-31-14-16-32(17-15-31)39(34,35)20-13-23-7-3-2-4-8-23/h2-13,20-21,29H,14-19,22H2,1H3/b20-13+. The fourth-order valence-corrected chi connectivity index (χ4v) is 7.42. The Balaban J connectivity index is 1.22. The minimum atomic E-state index is -3.46. The Morgan fingerprint density at radius 3 is 2.51 bits per heavy atom. The van der Waals surface area contributed by atoms with E-state index in [1.54, 1.807) is 16.4 Å². The second-order valence-corrected chi connectivity index (χ2v) is 12.5. The maximum absolute atomic E-state index is 12.8. The van der Waals surface area contributed by atoms with Crippen molar-refractivity contribution in [1.82, 2.24) is 9.21 Å². The predicted molar refractivity (Wildman–Crippen MR) is 155 cm³/mol. The van der Waals surface area contributed by atoms with Crippen molar-refractivity contribution in [2.75, 3.05) is 45.6 Å². The first-order chi connectivity index (χ1) is 18.9. The molecule has 0 aromatic heterocycles. The summed E-state index contributed by atoms with van der Waals surface area (Å²) in [6.45, 7) is 3.63. The summed E-state index contributed by atoms with van der Waals surface area (Å²) in [4.78, 5) is 14.6. The quantitative estimate of drug-likeness (QED) is 0.364. The third-order valence-electron chi connectivity index (χ3n) is 7.05. The van der Waals surface area contributed by atoms with E-state index in [1.807, 2.05) is 66.4 Å². The molecule has 0 amide bonds. The monoisotopic (exact) mass is 564 g/mol. The summed E-state index contributed by atoms with van der Waals surface area (Å²) in [6.07, 6.45) is 1.65.